The van der Waals surface area contributed by atoms with E-state index in [2.05, 4.69) is 5.32 Å². The number of ether oxygens (including phenoxy) is 1. The summed E-state index contributed by atoms with van der Waals surface area (Å²) in [7, 11) is 0. The van der Waals surface area contributed by atoms with E-state index in [1.807, 2.05) is 13.8 Å². The number of carbonyl (C=O) groups is 1. The Morgan fingerprint density at radius 3 is 2.92 bits per heavy atom. The van der Waals surface area contributed by atoms with E-state index in [0.717, 1.165) is 13.0 Å². The molecule has 1 aliphatic heterocycles. The molecule has 3 N–H and O–H groups in total. The third-order valence-electron chi connectivity index (χ3n) is 2.38. The van der Waals surface area contributed by atoms with E-state index in [4.69, 9.17) is 10.5 Å². The van der Waals surface area contributed by atoms with Crippen molar-refractivity contribution in [1.29, 1.82) is 0 Å². The van der Waals surface area contributed by atoms with Crippen LogP contribution in [0.25, 0.3) is 0 Å². The molecular weight excluding hydrogens is 168 g/mol. The van der Waals surface area contributed by atoms with E-state index in [0.29, 0.717) is 12.5 Å². The molecule has 76 valence electrons. The third kappa shape index (κ3) is 3.32. The largest absolute Gasteiger partial charge is 0.377 e. The van der Waals surface area contributed by atoms with Gasteiger partial charge in [0.2, 0.25) is 5.91 Å². The van der Waals surface area contributed by atoms with Gasteiger partial charge in [0.15, 0.2) is 0 Å². The fourth-order valence-corrected chi connectivity index (χ4v) is 1.68. The normalized spacial score (nSPS) is 30.3. The number of carbonyl (C=O) groups excluding carboxylic acids is 1. The second-order valence-electron chi connectivity index (χ2n) is 3.71. The van der Waals surface area contributed by atoms with Crippen LogP contribution >= 0.6 is 0 Å². The molecule has 4 nitrogen and oxygen atoms in total. The minimum absolute atomic E-state index is 0.145. The van der Waals surface area contributed by atoms with E-state index in [9.17, 15) is 4.79 Å². The van der Waals surface area contributed by atoms with Crippen LogP contribution < -0.4 is 11.1 Å². The molecule has 1 fully saturated rings. The van der Waals surface area contributed by atoms with Gasteiger partial charge in [-0.1, -0.05) is 0 Å². The topological polar surface area (TPSA) is 64.4 Å². The molecule has 1 aliphatic rings. The molecule has 0 bridgehead atoms. The zero-order valence-electron chi connectivity index (χ0n) is 8.25. The van der Waals surface area contributed by atoms with Gasteiger partial charge in [-0.3, -0.25) is 4.79 Å². The Hall–Kier alpha value is -0.610. The average Bonchev–Trinajstić information content (AvgIpc) is 2.34. The van der Waals surface area contributed by atoms with Gasteiger partial charge in [0.1, 0.15) is 0 Å². The van der Waals surface area contributed by atoms with Crippen molar-refractivity contribution in [1.82, 2.24) is 5.32 Å². The second kappa shape index (κ2) is 4.58. The summed E-state index contributed by atoms with van der Waals surface area (Å²) in [5.74, 6) is -0.258. The van der Waals surface area contributed by atoms with Gasteiger partial charge >= 0.3 is 0 Å². The zero-order chi connectivity index (χ0) is 9.84. The molecule has 0 aromatic carbocycles. The number of amides is 1. The predicted molar refractivity (Wildman–Crippen MR) is 50.2 cm³/mol. The van der Waals surface area contributed by atoms with Crippen molar-refractivity contribution < 1.29 is 9.53 Å². The van der Waals surface area contributed by atoms with E-state index in [-0.39, 0.29) is 18.1 Å². The maximum atomic E-state index is 10.6. The van der Waals surface area contributed by atoms with Gasteiger partial charge in [0.25, 0.3) is 0 Å². The minimum Gasteiger partial charge on any atom is -0.377 e. The molecular formula is C9H18N2O2. The summed E-state index contributed by atoms with van der Waals surface area (Å²) in [6, 6.07) is 0.515. The fraction of sp³-hybridized carbons (Fsp3) is 0.889. The first-order valence-electron chi connectivity index (χ1n) is 4.75. The molecule has 0 aromatic heterocycles. The lowest BCUT2D eigenvalue weighted by molar-refractivity contribution is -0.118. The summed E-state index contributed by atoms with van der Waals surface area (Å²) < 4.78 is 5.39. The molecule has 1 amide bonds. The monoisotopic (exact) mass is 186 g/mol. The number of hydrogen-bond donors (Lipinski definition) is 2. The molecule has 13 heavy (non-hydrogen) atoms. The van der Waals surface area contributed by atoms with Crippen molar-refractivity contribution in [2.45, 2.75) is 44.9 Å². The predicted octanol–water partition coefficient (Wildman–Crippen LogP) is 0.0173. The second-order valence-corrected chi connectivity index (χ2v) is 3.71. The smallest absolute Gasteiger partial charge is 0.218 e. The van der Waals surface area contributed by atoms with Crippen LogP contribution in [0.1, 0.15) is 26.7 Å². The maximum Gasteiger partial charge on any atom is 0.218 e. The Balaban J connectivity index is 2.26. The Morgan fingerprint density at radius 2 is 2.46 bits per heavy atom. The summed E-state index contributed by atoms with van der Waals surface area (Å²) in [5, 5.41) is 3.33. The van der Waals surface area contributed by atoms with Gasteiger partial charge in [0, 0.05) is 25.1 Å². The Kier molecular flexibility index (Phi) is 3.69. The van der Waals surface area contributed by atoms with Gasteiger partial charge in [-0.15, -0.1) is 0 Å². The number of rotatable bonds is 4. The Morgan fingerprint density at radius 1 is 1.77 bits per heavy atom. The molecule has 1 saturated heterocycles. The SMILES string of the molecule is CC(CC(N)=O)NC1CCOC1C. The van der Waals surface area contributed by atoms with E-state index >= 15 is 0 Å². The molecule has 0 spiro atoms. The minimum atomic E-state index is -0.258. The van der Waals surface area contributed by atoms with Crippen LogP contribution in [-0.4, -0.2) is 30.7 Å². The Bertz CT molecular complexity index is 184. The summed E-state index contributed by atoms with van der Waals surface area (Å²) in [4.78, 5) is 10.6. The van der Waals surface area contributed by atoms with E-state index in [1.165, 1.54) is 0 Å². The lowest BCUT2D eigenvalue weighted by Gasteiger charge is -2.20. The summed E-state index contributed by atoms with van der Waals surface area (Å²) in [5.41, 5.74) is 5.09. The summed E-state index contributed by atoms with van der Waals surface area (Å²) in [6.07, 6.45) is 1.66. The van der Waals surface area contributed by atoms with Crippen LogP contribution in [0.15, 0.2) is 0 Å². The number of nitrogens with one attached hydrogen (secondary N) is 1. The lowest BCUT2D eigenvalue weighted by atomic mass is 10.1. The van der Waals surface area contributed by atoms with Gasteiger partial charge in [-0.25, -0.2) is 0 Å². The molecule has 1 rings (SSSR count). The van der Waals surface area contributed by atoms with Gasteiger partial charge in [0.05, 0.1) is 6.10 Å². The highest BCUT2D eigenvalue weighted by Crippen LogP contribution is 2.13. The quantitative estimate of drug-likeness (QED) is 0.650. The number of nitrogens with two attached hydrogens (primary N) is 1. The molecule has 3 unspecified atom stereocenters. The van der Waals surface area contributed by atoms with Crippen molar-refractivity contribution >= 4 is 5.91 Å². The van der Waals surface area contributed by atoms with Gasteiger partial charge < -0.3 is 15.8 Å². The molecule has 0 aliphatic carbocycles. The van der Waals surface area contributed by atoms with Crippen LogP contribution in [0, 0.1) is 0 Å². The highest BCUT2D eigenvalue weighted by atomic mass is 16.5. The van der Waals surface area contributed by atoms with Crippen molar-refractivity contribution in [3.05, 3.63) is 0 Å². The molecule has 4 heteroatoms. The molecule has 3 atom stereocenters. The molecule has 0 saturated carbocycles. The maximum absolute atomic E-state index is 10.6. The van der Waals surface area contributed by atoms with Crippen LogP contribution in [0.4, 0.5) is 0 Å². The standard InChI is InChI=1S/C9H18N2O2/c1-6(5-9(10)12)11-8-3-4-13-7(8)2/h6-8,11H,3-5H2,1-2H3,(H2,10,12). The van der Waals surface area contributed by atoms with Crippen molar-refractivity contribution in [2.75, 3.05) is 6.61 Å². The van der Waals surface area contributed by atoms with Gasteiger partial charge in [-0.2, -0.15) is 0 Å². The van der Waals surface area contributed by atoms with Crippen molar-refractivity contribution in [3.8, 4) is 0 Å². The van der Waals surface area contributed by atoms with Crippen LogP contribution in [0.5, 0.6) is 0 Å². The molecule has 1 heterocycles. The summed E-state index contributed by atoms with van der Waals surface area (Å²) in [6.45, 7) is 4.82. The van der Waals surface area contributed by atoms with Crippen molar-refractivity contribution in [2.24, 2.45) is 5.73 Å². The van der Waals surface area contributed by atoms with E-state index < -0.39 is 0 Å². The first-order valence-corrected chi connectivity index (χ1v) is 4.75. The van der Waals surface area contributed by atoms with Crippen LogP contribution in [0.3, 0.4) is 0 Å². The van der Waals surface area contributed by atoms with Crippen LogP contribution in [0.2, 0.25) is 0 Å². The number of primary amides is 1. The zero-order valence-corrected chi connectivity index (χ0v) is 8.25. The van der Waals surface area contributed by atoms with E-state index in [1.54, 1.807) is 0 Å². The number of hydrogen-bond acceptors (Lipinski definition) is 3. The highest BCUT2D eigenvalue weighted by Gasteiger charge is 2.25. The Labute approximate surface area is 78.8 Å². The van der Waals surface area contributed by atoms with Crippen molar-refractivity contribution in [3.63, 3.8) is 0 Å². The fourth-order valence-electron chi connectivity index (χ4n) is 1.68. The molecule has 0 aromatic rings. The lowest BCUT2D eigenvalue weighted by Crippen LogP contribution is -2.42. The third-order valence-corrected chi connectivity index (χ3v) is 2.38. The van der Waals surface area contributed by atoms with Gasteiger partial charge in [-0.05, 0) is 20.3 Å². The average molecular weight is 186 g/mol. The molecule has 0 radical (unpaired) electrons. The summed E-state index contributed by atoms with van der Waals surface area (Å²) >= 11 is 0. The first-order chi connectivity index (χ1) is 6.09. The van der Waals surface area contributed by atoms with Crippen LogP contribution in [-0.2, 0) is 9.53 Å². The first kappa shape index (κ1) is 10.5. The highest BCUT2D eigenvalue weighted by molar-refractivity contribution is 5.74.